The highest BCUT2D eigenvalue weighted by Gasteiger charge is 2.10. The van der Waals surface area contributed by atoms with Crippen molar-refractivity contribution in [2.45, 2.75) is 12.1 Å². The summed E-state index contributed by atoms with van der Waals surface area (Å²) in [6, 6.07) is 32.9. The summed E-state index contributed by atoms with van der Waals surface area (Å²) in [7, 11) is -0.688. The van der Waals surface area contributed by atoms with Gasteiger partial charge in [-0.05, 0) is 38.8 Å². The van der Waals surface area contributed by atoms with E-state index in [-0.39, 0.29) is 0 Å². The Kier molecular flexibility index (Phi) is 4.35. The van der Waals surface area contributed by atoms with Gasteiger partial charge in [0.05, 0.1) is 0 Å². The van der Waals surface area contributed by atoms with Crippen LogP contribution in [0, 0.1) is 0 Å². The van der Waals surface area contributed by atoms with Crippen LogP contribution in [0.15, 0.2) is 84.9 Å². The van der Waals surface area contributed by atoms with Gasteiger partial charge in [-0.25, -0.2) is 0 Å². The molecule has 0 fully saturated rings. The van der Waals surface area contributed by atoms with Gasteiger partial charge in [-0.2, -0.15) is 0 Å². The average Bonchev–Trinajstić information content (AvgIpc) is 3.07. The van der Waals surface area contributed by atoms with E-state index >= 15 is 0 Å². The summed E-state index contributed by atoms with van der Waals surface area (Å²) in [5.74, 6) is 0. The lowest BCUT2D eigenvalue weighted by Gasteiger charge is -2.10. The smallest absolute Gasteiger partial charge is 0.0285 e. The Labute approximate surface area is 144 Å². The molecule has 0 heterocycles. The van der Waals surface area contributed by atoms with Crippen molar-refractivity contribution in [3.63, 3.8) is 0 Å². The molecule has 0 unspecified atom stereocenters. The molecule has 0 saturated carbocycles. The van der Waals surface area contributed by atoms with E-state index < -0.39 is 8.41 Å². The van der Waals surface area contributed by atoms with Gasteiger partial charge in [0, 0.05) is 8.41 Å². The van der Waals surface area contributed by atoms with Crippen LogP contribution in [-0.2, 0) is 12.1 Å². The van der Waals surface area contributed by atoms with Crippen molar-refractivity contribution in [2.75, 3.05) is 0 Å². The average molecular weight is 324 g/mol. The molecule has 0 amide bonds. The Morgan fingerprint density at radius 3 is 1.38 bits per heavy atom. The number of fused-ring (bicyclic) bond motifs is 1. The molecule has 0 atom stereocenters. The lowest BCUT2D eigenvalue weighted by Crippen LogP contribution is -2.19. The van der Waals surface area contributed by atoms with Crippen molar-refractivity contribution >= 4 is 25.7 Å². The zero-order valence-electron chi connectivity index (χ0n) is 13.7. The fourth-order valence-electron chi connectivity index (χ4n) is 3.31. The molecule has 1 heteroatoms. The summed E-state index contributed by atoms with van der Waals surface area (Å²) in [5, 5.41) is 4.29. The van der Waals surface area contributed by atoms with Crippen molar-refractivity contribution < 1.29 is 0 Å². The van der Waals surface area contributed by atoms with E-state index in [4.69, 9.17) is 0 Å². The molecule has 0 saturated heterocycles. The van der Waals surface area contributed by atoms with Crippen LogP contribution in [0.25, 0.3) is 12.2 Å². The predicted octanol–water partition coefficient (Wildman–Crippen LogP) is 3.07. The summed E-state index contributed by atoms with van der Waals surface area (Å²) in [6.45, 7) is 0. The van der Waals surface area contributed by atoms with E-state index in [0.717, 1.165) is 0 Å². The van der Waals surface area contributed by atoms with Gasteiger partial charge in [-0.15, -0.1) is 0 Å². The number of benzene rings is 3. The monoisotopic (exact) mass is 324 g/mol. The topological polar surface area (TPSA) is 0 Å². The maximum atomic E-state index is 2.41. The van der Waals surface area contributed by atoms with Crippen LogP contribution in [0.2, 0.25) is 0 Å². The van der Waals surface area contributed by atoms with Gasteiger partial charge in [0.15, 0.2) is 0 Å². The zero-order chi connectivity index (χ0) is 16.2. The third kappa shape index (κ3) is 3.37. The van der Waals surface area contributed by atoms with Gasteiger partial charge >= 0.3 is 0 Å². The first-order valence-corrected chi connectivity index (χ1v) is 10.4. The summed E-state index contributed by atoms with van der Waals surface area (Å²) in [5.41, 5.74) is 2.90. The Morgan fingerprint density at radius 1 is 0.500 bits per heavy atom. The van der Waals surface area contributed by atoms with Crippen LogP contribution in [0.3, 0.4) is 0 Å². The Hall–Kier alpha value is -2.51. The molecular formula is C23H20Si. The molecule has 0 spiro atoms. The van der Waals surface area contributed by atoms with E-state index in [1.54, 1.807) is 5.17 Å². The molecule has 24 heavy (non-hydrogen) atoms. The molecule has 0 bridgehead atoms. The molecule has 0 radical (unpaired) electrons. The first-order valence-electron chi connectivity index (χ1n) is 8.47. The van der Waals surface area contributed by atoms with E-state index in [1.807, 2.05) is 0 Å². The van der Waals surface area contributed by atoms with Crippen molar-refractivity contribution in [2.24, 2.45) is 0 Å². The molecule has 0 nitrogen and oxygen atoms in total. The van der Waals surface area contributed by atoms with E-state index in [1.165, 1.54) is 33.7 Å². The summed E-state index contributed by atoms with van der Waals surface area (Å²) < 4.78 is 0. The Balaban J connectivity index is 1.76. The lowest BCUT2D eigenvalue weighted by molar-refractivity contribution is 1.29. The molecule has 4 rings (SSSR count). The van der Waals surface area contributed by atoms with Crippen LogP contribution in [0.5, 0.6) is 0 Å². The third-order valence-electron chi connectivity index (χ3n) is 4.55. The van der Waals surface area contributed by atoms with E-state index in [0.29, 0.717) is 0 Å². The van der Waals surface area contributed by atoms with Crippen LogP contribution >= 0.6 is 0 Å². The normalized spacial score (nSPS) is 12.2. The van der Waals surface area contributed by atoms with Gasteiger partial charge in [0.1, 0.15) is 0 Å². The van der Waals surface area contributed by atoms with Crippen LogP contribution in [0.4, 0.5) is 0 Å². The highest BCUT2D eigenvalue weighted by Crippen LogP contribution is 2.07. The predicted molar refractivity (Wildman–Crippen MR) is 106 cm³/mol. The highest BCUT2D eigenvalue weighted by atomic mass is 28.2. The molecule has 0 N–H and O–H groups in total. The molecule has 3 aromatic rings. The molecular weight excluding hydrogens is 304 g/mol. The van der Waals surface area contributed by atoms with Gasteiger partial charge in [-0.1, -0.05) is 97.1 Å². The van der Waals surface area contributed by atoms with Gasteiger partial charge in [0.2, 0.25) is 0 Å². The molecule has 1 aliphatic rings. The Morgan fingerprint density at radius 2 is 0.917 bits per heavy atom. The standard InChI is InChI=1S/C23H20Si/c1-3-9-19(10-4-1)17-24(18-20-11-5-2-6-12-20)23-15-21-13-7-8-14-22(21)16-23/h1-16H,17-18H2. The Bertz CT molecular complexity index is 902. The first-order chi connectivity index (χ1) is 11.9. The van der Waals surface area contributed by atoms with Crippen LogP contribution < -0.4 is 10.4 Å². The van der Waals surface area contributed by atoms with Crippen molar-refractivity contribution in [1.82, 2.24) is 0 Å². The van der Waals surface area contributed by atoms with Gasteiger partial charge < -0.3 is 0 Å². The molecule has 3 aromatic carbocycles. The molecule has 0 aliphatic heterocycles. The molecule has 116 valence electrons. The van der Waals surface area contributed by atoms with Crippen molar-refractivity contribution in [1.29, 1.82) is 0 Å². The first kappa shape index (κ1) is 15.0. The molecule has 1 aliphatic carbocycles. The minimum Gasteiger partial charge on any atom is -0.0622 e. The third-order valence-corrected chi connectivity index (χ3v) is 7.32. The van der Waals surface area contributed by atoms with E-state index in [9.17, 15) is 0 Å². The quantitative estimate of drug-likeness (QED) is 0.647. The zero-order valence-corrected chi connectivity index (χ0v) is 14.7. The molecule has 0 aromatic heterocycles. The van der Waals surface area contributed by atoms with Crippen LogP contribution in [-0.4, -0.2) is 13.6 Å². The minimum atomic E-state index is -0.688. The fraction of sp³-hybridized carbons (Fsp3) is 0.0870. The lowest BCUT2D eigenvalue weighted by atomic mass is 10.2. The second kappa shape index (κ2) is 6.94. The number of hydrogen-bond donors (Lipinski definition) is 0. The summed E-state index contributed by atoms with van der Waals surface area (Å²) >= 11 is 0. The van der Waals surface area contributed by atoms with Crippen molar-refractivity contribution in [3.05, 3.63) is 106 Å². The largest absolute Gasteiger partial charge is 0.0622 e. The van der Waals surface area contributed by atoms with Crippen molar-refractivity contribution in [3.8, 4) is 0 Å². The van der Waals surface area contributed by atoms with E-state index in [2.05, 4.69) is 97.1 Å². The van der Waals surface area contributed by atoms with Gasteiger partial charge in [0.25, 0.3) is 0 Å². The highest BCUT2D eigenvalue weighted by molar-refractivity contribution is 6.80. The maximum absolute atomic E-state index is 2.41. The van der Waals surface area contributed by atoms with Gasteiger partial charge in [-0.3, -0.25) is 0 Å². The summed E-state index contributed by atoms with van der Waals surface area (Å²) in [6.07, 6.45) is 4.82. The number of rotatable bonds is 4. The maximum Gasteiger partial charge on any atom is 0.0285 e. The number of hydrogen-bond acceptors (Lipinski definition) is 0. The second-order valence-corrected chi connectivity index (χ2v) is 8.79. The summed E-state index contributed by atoms with van der Waals surface area (Å²) in [4.78, 5) is 0. The van der Waals surface area contributed by atoms with Crippen LogP contribution in [0.1, 0.15) is 11.1 Å². The SMILES string of the molecule is C1=c2ccccc2=CC1=[Si](Cc1ccccc1)Cc1ccccc1. The minimum absolute atomic E-state index is 0.688. The second-order valence-electron chi connectivity index (χ2n) is 6.30. The fourth-order valence-corrected chi connectivity index (χ4v) is 6.02.